The van der Waals surface area contributed by atoms with E-state index in [0.717, 1.165) is 0 Å². The van der Waals surface area contributed by atoms with Gasteiger partial charge in [0.25, 0.3) is 5.91 Å². The average Bonchev–Trinajstić information content (AvgIpc) is 2.68. The van der Waals surface area contributed by atoms with Gasteiger partial charge in [-0.25, -0.2) is 14.2 Å². The summed E-state index contributed by atoms with van der Waals surface area (Å²) in [5.41, 5.74) is -0.781. The molecule has 0 atom stereocenters. The number of likely N-dealkylation sites (tertiary alicyclic amines) is 1. The van der Waals surface area contributed by atoms with Crippen LogP contribution in [0.25, 0.3) is 0 Å². The first-order chi connectivity index (χ1) is 12.4. The number of carbonyl (C=O) groups is 2. The Kier molecular flexibility index (Phi) is 4.88. The third-order valence-corrected chi connectivity index (χ3v) is 4.66. The lowest BCUT2D eigenvalue weighted by Gasteiger charge is -2.36. The largest absolute Gasteiger partial charge is 0.497 e. The monoisotopic (exact) mass is 358 g/mol. The summed E-state index contributed by atoms with van der Waals surface area (Å²) in [7, 11) is 1.54. The fourth-order valence-corrected chi connectivity index (χ4v) is 3.08. The van der Waals surface area contributed by atoms with Crippen molar-refractivity contribution in [2.75, 3.05) is 20.2 Å². The van der Waals surface area contributed by atoms with Gasteiger partial charge in [0.2, 0.25) is 0 Å². The number of pyridine rings is 1. The predicted molar refractivity (Wildman–Crippen MR) is 92.1 cm³/mol. The lowest BCUT2D eigenvalue weighted by Crippen LogP contribution is -2.43. The fraction of sp³-hybridized carbons (Fsp3) is 0.316. The van der Waals surface area contributed by atoms with E-state index in [1.165, 1.54) is 25.4 Å². The predicted octanol–water partition coefficient (Wildman–Crippen LogP) is 2.89. The van der Waals surface area contributed by atoms with Crippen LogP contribution in [-0.4, -0.2) is 47.1 Å². The van der Waals surface area contributed by atoms with Crippen molar-refractivity contribution in [3.63, 3.8) is 0 Å². The maximum atomic E-state index is 15.3. The van der Waals surface area contributed by atoms with Crippen LogP contribution in [0, 0.1) is 0 Å². The second-order valence-electron chi connectivity index (χ2n) is 6.23. The Morgan fingerprint density at radius 1 is 1.23 bits per heavy atom. The third-order valence-electron chi connectivity index (χ3n) is 4.66. The summed E-state index contributed by atoms with van der Waals surface area (Å²) < 4.78 is 20.5. The molecule has 0 aliphatic carbocycles. The maximum Gasteiger partial charge on any atom is 0.354 e. The first-order valence-electron chi connectivity index (χ1n) is 8.25. The Morgan fingerprint density at radius 2 is 1.96 bits per heavy atom. The van der Waals surface area contributed by atoms with E-state index >= 15 is 4.39 Å². The summed E-state index contributed by atoms with van der Waals surface area (Å²) in [4.78, 5) is 28.7. The summed E-state index contributed by atoms with van der Waals surface area (Å²) in [5.74, 6) is -0.827. The summed E-state index contributed by atoms with van der Waals surface area (Å²) in [6.45, 7) is 0.542. The summed E-state index contributed by atoms with van der Waals surface area (Å²) in [6, 6.07) is 9.65. The molecule has 1 aromatic heterocycles. The van der Waals surface area contributed by atoms with Crippen LogP contribution in [0.5, 0.6) is 5.75 Å². The van der Waals surface area contributed by atoms with E-state index in [1.54, 1.807) is 29.2 Å². The molecule has 0 saturated carbocycles. The maximum absolute atomic E-state index is 15.3. The number of benzene rings is 1. The number of carboxylic acids is 1. The highest BCUT2D eigenvalue weighted by Gasteiger charge is 2.38. The highest BCUT2D eigenvalue weighted by molar-refractivity contribution is 5.95. The van der Waals surface area contributed by atoms with Crippen molar-refractivity contribution in [3.8, 4) is 5.75 Å². The molecular weight excluding hydrogens is 339 g/mol. The van der Waals surface area contributed by atoms with Crippen molar-refractivity contribution in [2.45, 2.75) is 18.5 Å². The van der Waals surface area contributed by atoms with Gasteiger partial charge in [-0.1, -0.05) is 12.1 Å². The number of hydrogen-bond donors (Lipinski definition) is 1. The number of rotatable bonds is 4. The number of amides is 1. The third kappa shape index (κ3) is 3.51. The van der Waals surface area contributed by atoms with Crippen LogP contribution >= 0.6 is 0 Å². The molecule has 3 rings (SSSR count). The van der Waals surface area contributed by atoms with E-state index in [2.05, 4.69) is 4.98 Å². The molecule has 1 N–H and O–H groups in total. The van der Waals surface area contributed by atoms with Gasteiger partial charge in [0, 0.05) is 32.1 Å². The average molecular weight is 358 g/mol. The van der Waals surface area contributed by atoms with E-state index in [4.69, 9.17) is 9.84 Å². The lowest BCUT2D eigenvalue weighted by atomic mass is 9.86. The molecule has 2 aromatic rings. The van der Waals surface area contributed by atoms with E-state index < -0.39 is 11.6 Å². The molecule has 0 spiro atoms. The Labute approximate surface area is 150 Å². The zero-order valence-corrected chi connectivity index (χ0v) is 14.3. The fourth-order valence-electron chi connectivity index (χ4n) is 3.08. The number of alkyl halides is 1. The summed E-state index contributed by atoms with van der Waals surface area (Å²) in [5, 5.41) is 8.86. The number of halogens is 1. The van der Waals surface area contributed by atoms with Crippen LogP contribution in [0.2, 0.25) is 0 Å². The summed E-state index contributed by atoms with van der Waals surface area (Å²) in [6.07, 6.45) is 1.62. The van der Waals surface area contributed by atoms with Crippen molar-refractivity contribution < 1.29 is 23.8 Å². The number of methoxy groups -OCH3 is 1. The highest BCUT2D eigenvalue weighted by atomic mass is 19.1. The number of hydrogen-bond acceptors (Lipinski definition) is 4. The van der Waals surface area contributed by atoms with Crippen molar-refractivity contribution in [1.29, 1.82) is 0 Å². The Morgan fingerprint density at radius 3 is 2.54 bits per heavy atom. The van der Waals surface area contributed by atoms with Gasteiger partial charge in [-0.15, -0.1) is 0 Å². The van der Waals surface area contributed by atoms with Gasteiger partial charge in [-0.05, 0) is 29.8 Å². The van der Waals surface area contributed by atoms with Crippen LogP contribution in [0.4, 0.5) is 4.39 Å². The molecule has 1 amide bonds. The van der Waals surface area contributed by atoms with Crippen LogP contribution in [-0.2, 0) is 5.67 Å². The second kappa shape index (κ2) is 7.11. The quantitative estimate of drug-likeness (QED) is 0.909. The number of piperidine rings is 1. The van der Waals surface area contributed by atoms with Crippen molar-refractivity contribution in [2.24, 2.45) is 0 Å². The van der Waals surface area contributed by atoms with E-state index in [0.29, 0.717) is 16.9 Å². The molecule has 0 unspecified atom stereocenters. The van der Waals surface area contributed by atoms with Gasteiger partial charge in [-0.3, -0.25) is 4.79 Å². The molecule has 0 radical (unpaired) electrons. The lowest BCUT2D eigenvalue weighted by molar-refractivity contribution is 0.0419. The Bertz CT molecular complexity index is 815. The molecule has 1 fully saturated rings. The smallest absolute Gasteiger partial charge is 0.354 e. The van der Waals surface area contributed by atoms with Gasteiger partial charge in [0.05, 0.1) is 12.7 Å². The van der Waals surface area contributed by atoms with Gasteiger partial charge in [-0.2, -0.15) is 0 Å². The van der Waals surface area contributed by atoms with Crippen molar-refractivity contribution >= 4 is 11.9 Å². The SMILES string of the molecule is COc1cccc(C2(F)CCN(C(=O)c3ccc(C(=O)O)nc3)CC2)c1. The standard InChI is InChI=1S/C19H19FN2O4/c1-26-15-4-2-3-14(11-15)19(20)7-9-22(10-8-19)17(23)13-5-6-16(18(24)25)21-12-13/h2-6,11-12H,7-10H2,1H3,(H,24,25). The van der Waals surface area contributed by atoms with Gasteiger partial charge < -0.3 is 14.7 Å². The number of carboxylic acid groups (broad SMARTS) is 1. The van der Waals surface area contributed by atoms with E-state index in [1.807, 2.05) is 0 Å². The number of carbonyl (C=O) groups excluding carboxylic acids is 1. The van der Waals surface area contributed by atoms with Gasteiger partial charge in [0.1, 0.15) is 17.1 Å². The minimum absolute atomic E-state index is 0.124. The molecule has 0 bridgehead atoms. The van der Waals surface area contributed by atoms with Crippen LogP contribution in [0.1, 0.15) is 39.3 Å². The molecule has 1 saturated heterocycles. The van der Waals surface area contributed by atoms with Crippen LogP contribution in [0.15, 0.2) is 42.6 Å². The van der Waals surface area contributed by atoms with Crippen molar-refractivity contribution in [1.82, 2.24) is 9.88 Å². The summed E-state index contributed by atoms with van der Waals surface area (Å²) >= 11 is 0. The van der Waals surface area contributed by atoms with Crippen molar-refractivity contribution in [3.05, 3.63) is 59.4 Å². The molecule has 1 aliphatic heterocycles. The van der Waals surface area contributed by atoms with Gasteiger partial charge in [0.15, 0.2) is 0 Å². The first-order valence-corrected chi connectivity index (χ1v) is 8.25. The number of nitrogens with zero attached hydrogens (tertiary/aromatic N) is 2. The zero-order chi connectivity index (χ0) is 18.7. The van der Waals surface area contributed by atoms with Gasteiger partial charge >= 0.3 is 5.97 Å². The highest BCUT2D eigenvalue weighted by Crippen LogP contribution is 2.38. The molecule has 7 heteroatoms. The molecule has 6 nitrogen and oxygen atoms in total. The normalized spacial score (nSPS) is 16.2. The van der Waals surface area contributed by atoms with Crippen LogP contribution < -0.4 is 4.74 Å². The molecule has 1 aliphatic rings. The topological polar surface area (TPSA) is 79.7 Å². The Hall–Kier alpha value is -2.96. The Balaban J connectivity index is 1.69. The first kappa shape index (κ1) is 17.8. The molecular formula is C19H19FN2O4. The number of aromatic nitrogens is 1. The van der Waals surface area contributed by atoms with Crippen LogP contribution in [0.3, 0.4) is 0 Å². The minimum atomic E-state index is -1.50. The second-order valence-corrected chi connectivity index (χ2v) is 6.23. The zero-order valence-electron chi connectivity index (χ0n) is 14.3. The minimum Gasteiger partial charge on any atom is -0.497 e. The van der Waals surface area contributed by atoms with E-state index in [9.17, 15) is 9.59 Å². The van der Waals surface area contributed by atoms with E-state index in [-0.39, 0.29) is 37.5 Å². The molecule has 136 valence electrons. The number of aromatic carboxylic acids is 1. The molecule has 1 aromatic carbocycles. The number of ether oxygens (including phenoxy) is 1. The molecule has 26 heavy (non-hydrogen) atoms. The molecule has 2 heterocycles.